The lowest BCUT2D eigenvalue weighted by atomic mass is 9.91. The third kappa shape index (κ3) is 8.18. The monoisotopic (exact) mass is 525 g/mol. The molecule has 0 saturated carbocycles. The van der Waals surface area contributed by atoms with Gasteiger partial charge in [0.1, 0.15) is 5.82 Å². The molecule has 1 saturated heterocycles. The first kappa shape index (κ1) is 27.9. The predicted octanol–water partition coefficient (Wildman–Crippen LogP) is 5.45. The van der Waals surface area contributed by atoms with Gasteiger partial charge in [-0.15, -0.1) is 0 Å². The van der Waals surface area contributed by atoms with Gasteiger partial charge >= 0.3 is 6.18 Å². The Labute approximate surface area is 213 Å². The van der Waals surface area contributed by atoms with Crippen LogP contribution in [0.3, 0.4) is 0 Å². The van der Waals surface area contributed by atoms with Crippen LogP contribution in [-0.2, 0) is 22.6 Å². The fourth-order valence-corrected chi connectivity index (χ4v) is 4.58. The zero-order valence-corrected chi connectivity index (χ0v) is 21.1. The molecule has 3 rings (SSSR count). The molecule has 1 aliphatic rings. The van der Waals surface area contributed by atoms with Gasteiger partial charge in [0.15, 0.2) is 5.78 Å². The minimum atomic E-state index is -4.32. The quantitative estimate of drug-likeness (QED) is 0.414. The Morgan fingerprint density at radius 2 is 1.81 bits per heavy atom. The molecule has 0 N–H and O–H groups in total. The Bertz CT molecular complexity index is 1110. The number of piperidine rings is 1. The summed E-state index contributed by atoms with van der Waals surface area (Å²) in [7, 11) is 0. The Balaban J connectivity index is 1.72. The fourth-order valence-electron chi connectivity index (χ4n) is 4.45. The van der Waals surface area contributed by atoms with Gasteiger partial charge in [0.05, 0.1) is 12.2 Å². The number of benzene rings is 1. The van der Waals surface area contributed by atoms with Gasteiger partial charge in [-0.2, -0.15) is 13.2 Å². The number of halogens is 4. The molecule has 0 unspecified atom stereocenters. The van der Waals surface area contributed by atoms with Crippen molar-refractivity contribution >= 4 is 23.3 Å². The summed E-state index contributed by atoms with van der Waals surface area (Å²) in [6.07, 6.45) is -2.65. The molecule has 0 spiro atoms. The third-order valence-electron chi connectivity index (χ3n) is 6.37. The zero-order chi connectivity index (χ0) is 26.3. The van der Waals surface area contributed by atoms with Gasteiger partial charge in [-0.1, -0.05) is 30.7 Å². The van der Waals surface area contributed by atoms with Crippen LogP contribution in [0.1, 0.15) is 57.7 Å². The normalized spacial score (nSPS) is 14.8. The lowest BCUT2D eigenvalue weighted by Crippen LogP contribution is -2.39. The summed E-state index contributed by atoms with van der Waals surface area (Å²) in [6.45, 7) is 2.94. The first-order valence-corrected chi connectivity index (χ1v) is 12.7. The first-order valence-electron chi connectivity index (χ1n) is 12.3. The van der Waals surface area contributed by atoms with Gasteiger partial charge < -0.3 is 4.90 Å². The molecule has 6 nitrogen and oxygen atoms in total. The van der Waals surface area contributed by atoms with Crippen LogP contribution in [0.4, 0.5) is 13.2 Å². The molecule has 1 amide bonds. The average Bonchev–Trinajstić information content (AvgIpc) is 2.81. The fraction of sp³-hybridized carbons (Fsp3) is 0.538. The van der Waals surface area contributed by atoms with E-state index in [1.807, 2.05) is 11.8 Å². The number of aryl methyl sites for hydroxylation is 1. The van der Waals surface area contributed by atoms with Crippen LogP contribution >= 0.6 is 11.6 Å². The molecule has 0 aliphatic carbocycles. The minimum absolute atomic E-state index is 0.0820. The van der Waals surface area contributed by atoms with Crippen molar-refractivity contribution in [2.45, 2.75) is 71.0 Å². The van der Waals surface area contributed by atoms with E-state index < -0.39 is 18.2 Å². The highest BCUT2D eigenvalue weighted by Gasteiger charge is 2.27. The molecule has 1 aromatic heterocycles. The summed E-state index contributed by atoms with van der Waals surface area (Å²) < 4.78 is 39.4. The van der Waals surface area contributed by atoms with Crippen molar-refractivity contribution in [1.29, 1.82) is 0 Å². The molecule has 0 bridgehead atoms. The van der Waals surface area contributed by atoms with Gasteiger partial charge in [0, 0.05) is 55.4 Å². The first-order chi connectivity index (χ1) is 17.1. The number of carbonyl (C=O) groups excluding carboxylic acids is 2. The number of hydrogen-bond donors (Lipinski definition) is 0. The molecule has 1 aromatic carbocycles. The van der Waals surface area contributed by atoms with Crippen molar-refractivity contribution in [3.05, 3.63) is 51.5 Å². The smallest absolute Gasteiger partial charge is 0.343 e. The van der Waals surface area contributed by atoms with Crippen molar-refractivity contribution < 1.29 is 22.8 Å². The molecule has 1 fully saturated rings. The third-order valence-corrected chi connectivity index (χ3v) is 6.62. The highest BCUT2D eigenvalue weighted by molar-refractivity contribution is 6.30. The Kier molecular flexibility index (Phi) is 9.70. The molecule has 10 heteroatoms. The lowest BCUT2D eigenvalue weighted by Gasteiger charge is -2.31. The summed E-state index contributed by atoms with van der Waals surface area (Å²) in [5, 5.41) is 0.503. The van der Waals surface area contributed by atoms with Crippen LogP contribution in [0, 0.1) is 5.92 Å². The van der Waals surface area contributed by atoms with Crippen LogP contribution in [-0.4, -0.2) is 45.4 Å². The van der Waals surface area contributed by atoms with Crippen molar-refractivity contribution in [2.24, 2.45) is 5.92 Å². The van der Waals surface area contributed by atoms with E-state index in [4.69, 9.17) is 11.6 Å². The van der Waals surface area contributed by atoms with E-state index in [-0.39, 0.29) is 49.2 Å². The average molecular weight is 526 g/mol. The number of amides is 1. The standard InChI is InChI=1S/C26H31ClF3N3O3/c1-2-4-24(35)32-13-10-18(11-14-32)15-21(34)17-33-23(5-3-12-26(28,29)30)31-22(16-25(33)36)19-6-8-20(27)9-7-19/h6-9,16,18H,2-5,10-15,17H2,1H3. The number of rotatable bonds is 10. The van der Waals surface area contributed by atoms with Crippen molar-refractivity contribution in [2.75, 3.05) is 13.1 Å². The van der Waals surface area contributed by atoms with Crippen LogP contribution in [0.25, 0.3) is 11.3 Å². The predicted molar refractivity (Wildman–Crippen MR) is 132 cm³/mol. The highest BCUT2D eigenvalue weighted by Crippen LogP contribution is 2.24. The number of carbonyl (C=O) groups is 2. The Morgan fingerprint density at radius 3 is 2.42 bits per heavy atom. The van der Waals surface area contributed by atoms with E-state index in [9.17, 15) is 27.6 Å². The number of ketones is 1. The molecule has 1 aliphatic heterocycles. The van der Waals surface area contributed by atoms with Gasteiger partial charge in [-0.05, 0) is 43.7 Å². The maximum Gasteiger partial charge on any atom is 0.389 e. The topological polar surface area (TPSA) is 72.3 Å². The number of aromatic nitrogens is 2. The molecule has 36 heavy (non-hydrogen) atoms. The summed E-state index contributed by atoms with van der Waals surface area (Å²) in [6, 6.07) is 7.92. The second kappa shape index (κ2) is 12.5. The molecular formula is C26H31ClF3N3O3. The van der Waals surface area contributed by atoms with Gasteiger partial charge in [-0.3, -0.25) is 19.0 Å². The lowest BCUT2D eigenvalue weighted by molar-refractivity contribution is -0.135. The maximum atomic E-state index is 12.9. The number of hydrogen-bond acceptors (Lipinski definition) is 4. The van der Waals surface area contributed by atoms with E-state index in [1.165, 1.54) is 10.6 Å². The van der Waals surface area contributed by atoms with Crippen LogP contribution in [0.5, 0.6) is 0 Å². The molecule has 0 radical (unpaired) electrons. The summed E-state index contributed by atoms with van der Waals surface area (Å²) in [4.78, 5) is 44.2. The van der Waals surface area contributed by atoms with Gasteiger partial charge in [0.25, 0.3) is 5.56 Å². The van der Waals surface area contributed by atoms with Crippen LogP contribution in [0.2, 0.25) is 5.02 Å². The molecule has 2 aromatic rings. The van der Waals surface area contributed by atoms with E-state index in [1.54, 1.807) is 24.3 Å². The van der Waals surface area contributed by atoms with E-state index in [2.05, 4.69) is 4.98 Å². The number of nitrogens with zero attached hydrogens (tertiary/aromatic N) is 3. The summed E-state index contributed by atoms with van der Waals surface area (Å²) in [5.74, 6) is 0.219. The van der Waals surface area contributed by atoms with Gasteiger partial charge in [0.2, 0.25) is 5.91 Å². The molecule has 196 valence electrons. The highest BCUT2D eigenvalue weighted by atomic mass is 35.5. The molecular weight excluding hydrogens is 495 g/mol. The summed E-state index contributed by atoms with van der Waals surface area (Å²) in [5.41, 5.74) is 0.452. The van der Waals surface area contributed by atoms with E-state index in [0.29, 0.717) is 48.6 Å². The van der Waals surface area contributed by atoms with Crippen LogP contribution < -0.4 is 5.56 Å². The maximum absolute atomic E-state index is 12.9. The SMILES string of the molecule is CCCC(=O)N1CCC(CC(=O)Cn2c(CCCC(F)(F)F)nc(-c3ccc(Cl)cc3)cc2=O)CC1. The van der Waals surface area contributed by atoms with Crippen molar-refractivity contribution in [3.8, 4) is 11.3 Å². The van der Waals surface area contributed by atoms with E-state index in [0.717, 1.165) is 6.42 Å². The number of likely N-dealkylation sites (tertiary alicyclic amines) is 1. The van der Waals surface area contributed by atoms with Crippen LogP contribution in [0.15, 0.2) is 35.1 Å². The Hall–Kier alpha value is -2.68. The minimum Gasteiger partial charge on any atom is -0.343 e. The number of Topliss-reactive ketones (excluding diaryl/α,β-unsaturated/α-hetero) is 1. The molecule has 2 heterocycles. The van der Waals surface area contributed by atoms with E-state index >= 15 is 0 Å². The summed E-state index contributed by atoms with van der Waals surface area (Å²) >= 11 is 5.92. The zero-order valence-electron chi connectivity index (χ0n) is 20.3. The number of alkyl halides is 3. The second-order valence-electron chi connectivity index (χ2n) is 9.27. The Morgan fingerprint density at radius 1 is 1.14 bits per heavy atom. The van der Waals surface area contributed by atoms with Gasteiger partial charge in [-0.25, -0.2) is 4.98 Å². The van der Waals surface area contributed by atoms with Crippen molar-refractivity contribution in [3.63, 3.8) is 0 Å². The second-order valence-corrected chi connectivity index (χ2v) is 9.71. The largest absolute Gasteiger partial charge is 0.389 e. The van der Waals surface area contributed by atoms with Crippen molar-refractivity contribution in [1.82, 2.24) is 14.5 Å². The molecule has 0 atom stereocenters.